The number of aromatic carboxylic acids is 1. The van der Waals surface area contributed by atoms with E-state index >= 15 is 0 Å². The highest BCUT2D eigenvalue weighted by Crippen LogP contribution is 2.34. The van der Waals surface area contributed by atoms with Crippen LogP contribution in [-0.2, 0) is 11.6 Å². The molecule has 0 aromatic carbocycles. The van der Waals surface area contributed by atoms with E-state index in [2.05, 4.69) is 4.98 Å². The monoisotopic (exact) mass is 286 g/mol. The van der Waals surface area contributed by atoms with Gasteiger partial charge in [0.25, 0.3) is 0 Å². The second-order valence-corrected chi connectivity index (χ2v) is 5.48. The number of pyridine rings is 1. The van der Waals surface area contributed by atoms with Crippen LogP contribution in [0.15, 0.2) is 18.3 Å². The van der Waals surface area contributed by atoms with Gasteiger partial charge in [0.05, 0.1) is 11.3 Å². The molecule has 0 amide bonds. The van der Waals surface area contributed by atoms with Crippen molar-refractivity contribution in [2.24, 2.45) is 0 Å². The molecule has 2 rings (SSSR count). The zero-order valence-electron chi connectivity index (χ0n) is 11.1. The molecular formula is C13H13F3N2O2. The molecule has 20 heavy (non-hydrogen) atoms. The number of alkyl halides is 3. The van der Waals surface area contributed by atoms with Gasteiger partial charge in [-0.2, -0.15) is 13.2 Å². The van der Waals surface area contributed by atoms with Crippen LogP contribution < -0.4 is 0 Å². The van der Waals surface area contributed by atoms with Gasteiger partial charge in [-0.3, -0.25) is 4.40 Å². The lowest BCUT2D eigenvalue weighted by Crippen LogP contribution is -2.17. The SMILES string of the molecule is CC(C)(C)c1nc2c(C(F)(F)F)cccn2c1C(=O)O. The third-order valence-corrected chi connectivity index (χ3v) is 2.87. The van der Waals surface area contributed by atoms with Gasteiger partial charge in [-0.1, -0.05) is 20.8 Å². The number of hydrogen-bond donors (Lipinski definition) is 1. The molecule has 2 aromatic rings. The average molecular weight is 286 g/mol. The summed E-state index contributed by atoms with van der Waals surface area (Å²) in [4.78, 5) is 15.3. The fourth-order valence-electron chi connectivity index (χ4n) is 2.02. The number of rotatable bonds is 1. The summed E-state index contributed by atoms with van der Waals surface area (Å²) in [7, 11) is 0. The first kappa shape index (κ1) is 14.4. The van der Waals surface area contributed by atoms with Crippen molar-refractivity contribution in [2.45, 2.75) is 32.4 Å². The van der Waals surface area contributed by atoms with E-state index in [1.54, 1.807) is 20.8 Å². The number of carboxylic acid groups (broad SMARTS) is 1. The summed E-state index contributed by atoms with van der Waals surface area (Å²) in [6.07, 6.45) is -3.31. The second-order valence-electron chi connectivity index (χ2n) is 5.48. The van der Waals surface area contributed by atoms with Gasteiger partial charge >= 0.3 is 12.1 Å². The third-order valence-electron chi connectivity index (χ3n) is 2.87. The lowest BCUT2D eigenvalue weighted by molar-refractivity contribution is -0.136. The minimum absolute atomic E-state index is 0.127. The molecule has 0 saturated carbocycles. The maximum atomic E-state index is 13.0. The van der Waals surface area contributed by atoms with Crippen molar-refractivity contribution >= 4 is 11.6 Å². The Bertz CT molecular complexity index is 681. The first-order chi connectivity index (χ1) is 9.03. The van der Waals surface area contributed by atoms with Gasteiger partial charge in [-0.15, -0.1) is 0 Å². The smallest absolute Gasteiger partial charge is 0.419 e. The van der Waals surface area contributed by atoms with E-state index in [0.717, 1.165) is 16.5 Å². The Kier molecular flexibility index (Phi) is 3.03. The van der Waals surface area contributed by atoms with Crippen molar-refractivity contribution < 1.29 is 23.1 Å². The number of carboxylic acids is 1. The fourth-order valence-corrected chi connectivity index (χ4v) is 2.02. The van der Waals surface area contributed by atoms with Crippen LogP contribution in [-0.4, -0.2) is 20.5 Å². The first-order valence-electron chi connectivity index (χ1n) is 5.85. The van der Waals surface area contributed by atoms with Gasteiger partial charge in [-0.25, -0.2) is 9.78 Å². The predicted molar refractivity (Wildman–Crippen MR) is 65.9 cm³/mol. The highest BCUT2D eigenvalue weighted by Gasteiger charge is 2.36. The van der Waals surface area contributed by atoms with Gasteiger partial charge in [0, 0.05) is 11.6 Å². The normalized spacial score (nSPS) is 12.9. The van der Waals surface area contributed by atoms with Gasteiger partial charge in [0.1, 0.15) is 5.65 Å². The van der Waals surface area contributed by atoms with E-state index < -0.39 is 23.1 Å². The molecule has 7 heteroatoms. The molecule has 0 unspecified atom stereocenters. The number of halogens is 3. The average Bonchev–Trinajstić information content (AvgIpc) is 2.65. The molecule has 0 aliphatic carbocycles. The Balaban J connectivity index is 2.91. The van der Waals surface area contributed by atoms with Crippen molar-refractivity contribution in [1.82, 2.24) is 9.38 Å². The van der Waals surface area contributed by atoms with Crippen LogP contribution in [0.4, 0.5) is 13.2 Å². The molecule has 0 bridgehead atoms. The van der Waals surface area contributed by atoms with Crippen LogP contribution in [0.25, 0.3) is 5.65 Å². The third kappa shape index (κ3) is 2.23. The summed E-state index contributed by atoms with van der Waals surface area (Å²) in [5.41, 5.74) is -2.12. The molecule has 0 saturated heterocycles. The van der Waals surface area contributed by atoms with E-state index in [1.807, 2.05) is 0 Å². The maximum absolute atomic E-state index is 13.0. The Morgan fingerprint density at radius 3 is 2.35 bits per heavy atom. The molecular weight excluding hydrogens is 273 g/mol. The van der Waals surface area contributed by atoms with Gasteiger partial charge in [-0.05, 0) is 12.1 Å². The molecule has 0 radical (unpaired) electrons. The van der Waals surface area contributed by atoms with Crippen LogP contribution in [0.1, 0.15) is 42.5 Å². The summed E-state index contributed by atoms with van der Waals surface area (Å²) < 4.78 is 39.8. The minimum atomic E-state index is -4.58. The van der Waals surface area contributed by atoms with Crippen LogP contribution >= 0.6 is 0 Å². The van der Waals surface area contributed by atoms with Gasteiger partial charge < -0.3 is 5.11 Å². The summed E-state index contributed by atoms with van der Waals surface area (Å²) in [6, 6.07) is 2.05. The Morgan fingerprint density at radius 1 is 1.30 bits per heavy atom. The van der Waals surface area contributed by atoms with Crippen molar-refractivity contribution in [2.75, 3.05) is 0 Å². The van der Waals surface area contributed by atoms with E-state index in [9.17, 15) is 23.1 Å². The Labute approximate surface area is 112 Å². The molecule has 108 valence electrons. The number of hydrogen-bond acceptors (Lipinski definition) is 2. The number of carbonyl (C=O) groups is 1. The second kappa shape index (κ2) is 4.22. The molecule has 4 nitrogen and oxygen atoms in total. The van der Waals surface area contributed by atoms with Crippen molar-refractivity contribution in [3.8, 4) is 0 Å². The highest BCUT2D eigenvalue weighted by molar-refractivity contribution is 5.89. The van der Waals surface area contributed by atoms with E-state index in [1.165, 1.54) is 6.20 Å². The number of nitrogens with zero attached hydrogens (tertiary/aromatic N) is 2. The lowest BCUT2D eigenvalue weighted by atomic mass is 9.91. The molecule has 0 spiro atoms. The first-order valence-corrected chi connectivity index (χ1v) is 5.85. The van der Waals surface area contributed by atoms with E-state index in [4.69, 9.17) is 0 Å². The molecule has 0 aliphatic rings. The van der Waals surface area contributed by atoms with Crippen LogP contribution in [0, 0.1) is 0 Å². The quantitative estimate of drug-likeness (QED) is 0.874. The molecule has 0 fully saturated rings. The summed E-state index contributed by atoms with van der Waals surface area (Å²) in [6.45, 7) is 5.11. The molecule has 2 heterocycles. The Hall–Kier alpha value is -2.05. The summed E-state index contributed by atoms with van der Waals surface area (Å²) in [5, 5.41) is 9.27. The molecule has 1 N–H and O–H groups in total. The zero-order chi connectivity index (χ0) is 15.3. The number of aromatic nitrogens is 2. The number of imidazole rings is 1. The molecule has 0 aliphatic heterocycles. The van der Waals surface area contributed by atoms with E-state index in [-0.39, 0.29) is 17.0 Å². The molecule has 0 atom stereocenters. The standard InChI is InChI=1S/C13H13F3N2O2/c1-12(2,3)9-8(11(19)20)18-6-4-5-7(10(18)17-9)13(14,15)16/h4-6H,1-3H3,(H,19,20). The van der Waals surface area contributed by atoms with E-state index in [0.29, 0.717) is 0 Å². The fraction of sp³-hybridized carbons (Fsp3) is 0.385. The lowest BCUT2D eigenvalue weighted by Gasteiger charge is -2.16. The van der Waals surface area contributed by atoms with Crippen molar-refractivity contribution in [3.63, 3.8) is 0 Å². The van der Waals surface area contributed by atoms with Gasteiger partial charge in [0.15, 0.2) is 5.69 Å². The topological polar surface area (TPSA) is 54.6 Å². The maximum Gasteiger partial charge on any atom is 0.419 e. The summed E-state index contributed by atoms with van der Waals surface area (Å²) >= 11 is 0. The predicted octanol–water partition coefficient (Wildman–Crippen LogP) is 3.35. The summed E-state index contributed by atoms with van der Waals surface area (Å²) in [5.74, 6) is -1.30. The van der Waals surface area contributed by atoms with Crippen LogP contribution in [0.2, 0.25) is 0 Å². The number of fused-ring (bicyclic) bond motifs is 1. The largest absolute Gasteiger partial charge is 0.477 e. The van der Waals surface area contributed by atoms with Gasteiger partial charge in [0.2, 0.25) is 0 Å². The highest BCUT2D eigenvalue weighted by atomic mass is 19.4. The van der Waals surface area contributed by atoms with Crippen molar-refractivity contribution in [1.29, 1.82) is 0 Å². The minimum Gasteiger partial charge on any atom is -0.477 e. The Morgan fingerprint density at radius 2 is 1.90 bits per heavy atom. The van der Waals surface area contributed by atoms with Crippen LogP contribution in [0.5, 0.6) is 0 Å². The molecule has 2 aromatic heterocycles. The zero-order valence-corrected chi connectivity index (χ0v) is 11.1. The van der Waals surface area contributed by atoms with Crippen molar-refractivity contribution in [3.05, 3.63) is 35.3 Å². The van der Waals surface area contributed by atoms with Crippen LogP contribution in [0.3, 0.4) is 0 Å².